The van der Waals surface area contributed by atoms with Gasteiger partial charge in [0.2, 0.25) is 5.91 Å². The smallest absolute Gasteiger partial charge is 0.231 e. The van der Waals surface area contributed by atoms with E-state index in [9.17, 15) is 4.79 Å². The van der Waals surface area contributed by atoms with Crippen molar-refractivity contribution in [2.45, 2.75) is 39.5 Å². The normalized spacial score (nSPS) is 12.0. The Morgan fingerprint density at radius 2 is 2.00 bits per heavy atom. The summed E-state index contributed by atoms with van der Waals surface area (Å²) < 4.78 is 1.93. The molecule has 0 aliphatic carbocycles. The standard InChI is InChI=1S/C21H24N4O/c1-4-8-20-18(14-23-25(20)19-11-6-5-9-15(19)2)24-21(26)16(3)17-10-7-12-22-13-17/h5-7,9-14,16H,4,8H2,1-3H3,(H,24,26). The second-order valence-electron chi connectivity index (χ2n) is 6.45. The Labute approximate surface area is 154 Å². The molecule has 3 aromatic rings. The molecule has 3 rings (SSSR count). The molecule has 134 valence electrons. The summed E-state index contributed by atoms with van der Waals surface area (Å²) in [5.41, 5.74) is 4.88. The molecule has 26 heavy (non-hydrogen) atoms. The van der Waals surface area contributed by atoms with Gasteiger partial charge in [-0.3, -0.25) is 9.78 Å². The number of pyridine rings is 1. The Morgan fingerprint density at radius 3 is 2.69 bits per heavy atom. The Hall–Kier alpha value is -2.95. The molecule has 0 aliphatic heterocycles. The van der Waals surface area contributed by atoms with Crippen LogP contribution in [-0.2, 0) is 11.2 Å². The Morgan fingerprint density at radius 1 is 1.19 bits per heavy atom. The maximum absolute atomic E-state index is 12.7. The lowest BCUT2D eigenvalue weighted by Gasteiger charge is -2.14. The summed E-state index contributed by atoms with van der Waals surface area (Å²) in [7, 11) is 0. The highest BCUT2D eigenvalue weighted by atomic mass is 16.1. The SMILES string of the molecule is CCCc1c(NC(=O)C(C)c2cccnc2)cnn1-c1ccccc1C. The monoisotopic (exact) mass is 348 g/mol. The lowest BCUT2D eigenvalue weighted by molar-refractivity contribution is -0.117. The molecule has 0 fully saturated rings. The van der Waals surface area contributed by atoms with Gasteiger partial charge in [-0.25, -0.2) is 4.68 Å². The topological polar surface area (TPSA) is 59.8 Å². The van der Waals surface area contributed by atoms with E-state index < -0.39 is 0 Å². The second-order valence-corrected chi connectivity index (χ2v) is 6.45. The lowest BCUT2D eigenvalue weighted by Crippen LogP contribution is -2.19. The van der Waals surface area contributed by atoms with Crippen LogP contribution in [0.1, 0.15) is 43.0 Å². The summed E-state index contributed by atoms with van der Waals surface area (Å²) >= 11 is 0. The van der Waals surface area contributed by atoms with Crippen molar-refractivity contribution in [1.29, 1.82) is 0 Å². The molecule has 1 N–H and O–H groups in total. The minimum atomic E-state index is -0.278. The van der Waals surface area contributed by atoms with Crippen molar-refractivity contribution in [3.63, 3.8) is 0 Å². The van der Waals surface area contributed by atoms with Crippen molar-refractivity contribution in [3.8, 4) is 5.69 Å². The van der Waals surface area contributed by atoms with E-state index in [0.29, 0.717) is 0 Å². The number of amides is 1. The first-order valence-corrected chi connectivity index (χ1v) is 8.95. The molecule has 1 unspecified atom stereocenters. The highest BCUT2D eigenvalue weighted by Crippen LogP contribution is 2.24. The predicted molar refractivity (Wildman–Crippen MR) is 104 cm³/mol. The van der Waals surface area contributed by atoms with Crippen LogP contribution in [0.15, 0.2) is 55.0 Å². The van der Waals surface area contributed by atoms with Crippen LogP contribution in [0.2, 0.25) is 0 Å². The average molecular weight is 348 g/mol. The molecular formula is C21H24N4O. The van der Waals surface area contributed by atoms with Gasteiger partial charge in [0.1, 0.15) is 0 Å². The van der Waals surface area contributed by atoms with Crippen LogP contribution in [0.5, 0.6) is 0 Å². The largest absolute Gasteiger partial charge is 0.323 e. The minimum Gasteiger partial charge on any atom is -0.323 e. The molecule has 0 radical (unpaired) electrons. The molecule has 5 nitrogen and oxygen atoms in total. The van der Waals surface area contributed by atoms with Crippen LogP contribution >= 0.6 is 0 Å². The van der Waals surface area contributed by atoms with E-state index in [1.807, 2.05) is 41.9 Å². The molecule has 0 spiro atoms. The molecule has 1 amide bonds. The summed E-state index contributed by atoms with van der Waals surface area (Å²) in [6.45, 7) is 6.08. The molecule has 0 bridgehead atoms. The van der Waals surface area contributed by atoms with Crippen LogP contribution in [0.25, 0.3) is 5.69 Å². The maximum atomic E-state index is 12.7. The van der Waals surface area contributed by atoms with E-state index in [1.54, 1.807) is 18.6 Å². The van der Waals surface area contributed by atoms with E-state index in [4.69, 9.17) is 0 Å². The third-order valence-electron chi connectivity index (χ3n) is 4.53. The van der Waals surface area contributed by atoms with Crippen LogP contribution < -0.4 is 5.32 Å². The third-order valence-corrected chi connectivity index (χ3v) is 4.53. The number of rotatable bonds is 6. The van der Waals surface area contributed by atoms with Gasteiger partial charge in [-0.2, -0.15) is 5.10 Å². The summed E-state index contributed by atoms with van der Waals surface area (Å²) in [6.07, 6.45) is 6.99. The van der Waals surface area contributed by atoms with Gasteiger partial charge in [0.25, 0.3) is 0 Å². The van der Waals surface area contributed by atoms with Crippen molar-refractivity contribution in [3.05, 3.63) is 71.8 Å². The van der Waals surface area contributed by atoms with E-state index in [2.05, 4.69) is 35.3 Å². The summed E-state index contributed by atoms with van der Waals surface area (Å²) in [5, 5.41) is 7.59. The molecule has 0 saturated heterocycles. The number of nitrogens with one attached hydrogen (secondary N) is 1. The molecule has 1 aromatic carbocycles. The van der Waals surface area contributed by atoms with Gasteiger partial charge in [0.05, 0.1) is 29.2 Å². The van der Waals surface area contributed by atoms with Crippen LogP contribution in [-0.4, -0.2) is 20.7 Å². The molecule has 5 heteroatoms. The van der Waals surface area contributed by atoms with E-state index >= 15 is 0 Å². The van der Waals surface area contributed by atoms with E-state index in [-0.39, 0.29) is 11.8 Å². The van der Waals surface area contributed by atoms with Gasteiger partial charge in [-0.05, 0) is 43.5 Å². The Kier molecular flexibility index (Phi) is 5.46. The predicted octanol–water partition coefficient (Wildman–Crippen LogP) is 4.27. The zero-order chi connectivity index (χ0) is 18.5. The van der Waals surface area contributed by atoms with E-state index in [0.717, 1.165) is 41.0 Å². The molecule has 2 aromatic heterocycles. The number of benzene rings is 1. The molecule has 1 atom stereocenters. The zero-order valence-electron chi connectivity index (χ0n) is 15.4. The Bertz CT molecular complexity index is 886. The number of aryl methyl sites for hydroxylation is 1. The van der Waals surface area contributed by atoms with Gasteiger partial charge < -0.3 is 5.32 Å². The number of anilines is 1. The van der Waals surface area contributed by atoms with Gasteiger partial charge >= 0.3 is 0 Å². The molecule has 0 aliphatic rings. The molecular weight excluding hydrogens is 324 g/mol. The number of aromatic nitrogens is 3. The quantitative estimate of drug-likeness (QED) is 0.724. The van der Waals surface area contributed by atoms with Crippen LogP contribution in [0.4, 0.5) is 5.69 Å². The third kappa shape index (κ3) is 3.67. The van der Waals surface area contributed by atoms with Crippen molar-refractivity contribution in [1.82, 2.24) is 14.8 Å². The minimum absolute atomic E-state index is 0.0558. The number of carbonyl (C=O) groups excluding carboxylic acids is 1. The first kappa shape index (κ1) is 17.9. The lowest BCUT2D eigenvalue weighted by atomic mass is 10.0. The first-order valence-electron chi connectivity index (χ1n) is 8.95. The van der Waals surface area contributed by atoms with E-state index in [1.165, 1.54) is 0 Å². The zero-order valence-corrected chi connectivity index (χ0v) is 15.4. The van der Waals surface area contributed by atoms with Crippen molar-refractivity contribution >= 4 is 11.6 Å². The summed E-state index contributed by atoms with van der Waals surface area (Å²) in [6, 6.07) is 11.9. The average Bonchev–Trinajstić information content (AvgIpc) is 3.05. The van der Waals surface area contributed by atoms with Gasteiger partial charge in [-0.1, -0.05) is 37.6 Å². The fourth-order valence-electron chi connectivity index (χ4n) is 2.99. The van der Waals surface area contributed by atoms with Crippen molar-refractivity contribution in [2.75, 3.05) is 5.32 Å². The van der Waals surface area contributed by atoms with Gasteiger partial charge in [-0.15, -0.1) is 0 Å². The molecule has 2 heterocycles. The highest BCUT2D eigenvalue weighted by molar-refractivity contribution is 5.96. The van der Waals surface area contributed by atoms with Crippen LogP contribution in [0.3, 0.4) is 0 Å². The van der Waals surface area contributed by atoms with Crippen molar-refractivity contribution < 1.29 is 4.79 Å². The number of nitrogens with zero attached hydrogens (tertiary/aromatic N) is 3. The van der Waals surface area contributed by atoms with Gasteiger partial charge in [0, 0.05) is 12.4 Å². The summed E-state index contributed by atoms with van der Waals surface area (Å²) in [5.74, 6) is -0.334. The van der Waals surface area contributed by atoms with Crippen molar-refractivity contribution in [2.24, 2.45) is 0 Å². The number of hydrogen-bond acceptors (Lipinski definition) is 3. The van der Waals surface area contributed by atoms with Crippen LogP contribution in [0, 0.1) is 6.92 Å². The number of para-hydroxylation sites is 1. The van der Waals surface area contributed by atoms with Gasteiger partial charge in [0.15, 0.2) is 0 Å². The number of hydrogen-bond donors (Lipinski definition) is 1. The highest BCUT2D eigenvalue weighted by Gasteiger charge is 2.19. The maximum Gasteiger partial charge on any atom is 0.231 e. The fraction of sp³-hybridized carbons (Fsp3) is 0.286. The summed E-state index contributed by atoms with van der Waals surface area (Å²) in [4.78, 5) is 16.8. The number of carbonyl (C=O) groups is 1. The Balaban J connectivity index is 1.89. The molecule has 0 saturated carbocycles. The fourth-order valence-corrected chi connectivity index (χ4v) is 2.99. The second kappa shape index (κ2) is 7.95. The first-order chi connectivity index (χ1) is 12.6.